The summed E-state index contributed by atoms with van der Waals surface area (Å²) in [7, 11) is 0. The number of hydrogen-bond acceptors (Lipinski definition) is 6. The lowest BCUT2D eigenvalue weighted by atomic mass is 9.92. The molecule has 1 atom stereocenters. The molecule has 0 spiro atoms. The van der Waals surface area contributed by atoms with Gasteiger partial charge in [-0.3, -0.25) is 4.79 Å². The molecule has 1 fully saturated rings. The first kappa shape index (κ1) is 18.3. The minimum absolute atomic E-state index is 0.0468. The molecule has 0 saturated carbocycles. The van der Waals surface area contributed by atoms with Gasteiger partial charge in [-0.05, 0) is 51.0 Å². The molecule has 0 bridgehead atoms. The van der Waals surface area contributed by atoms with Crippen molar-refractivity contribution in [2.24, 2.45) is 0 Å². The van der Waals surface area contributed by atoms with Crippen LogP contribution in [0.4, 0.5) is 0 Å². The van der Waals surface area contributed by atoms with Crippen LogP contribution in [0.25, 0.3) is 11.0 Å². The summed E-state index contributed by atoms with van der Waals surface area (Å²) in [5, 5.41) is 0.962. The Hall–Kier alpha value is -3.09. The quantitative estimate of drug-likeness (QED) is 0.695. The molecule has 0 radical (unpaired) electrons. The predicted octanol–water partition coefficient (Wildman–Crippen LogP) is 3.15. The van der Waals surface area contributed by atoms with Gasteiger partial charge in [0.1, 0.15) is 11.4 Å². The number of carbonyl (C=O) groups excluding carboxylic acids is 1. The number of aryl methyl sites for hydroxylation is 1. The van der Waals surface area contributed by atoms with Gasteiger partial charge in [0.15, 0.2) is 5.65 Å². The molecule has 4 rings (SSSR count). The molecule has 3 aromatic heterocycles. The van der Waals surface area contributed by atoms with Gasteiger partial charge >= 0.3 is 0 Å². The first-order valence-corrected chi connectivity index (χ1v) is 9.63. The highest BCUT2D eigenvalue weighted by molar-refractivity contribution is 5.96. The van der Waals surface area contributed by atoms with Gasteiger partial charge in [0, 0.05) is 36.8 Å². The molecule has 0 aromatic carbocycles. The summed E-state index contributed by atoms with van der Waals surface area (Å²) in [6, 6.07) is 7.45. The average molecular weight is 377 g/mol. The van der Waals surface area contributed by atoms with Gasteiger partial charge < -0.3 is 9.64 Å². The molecule has 7 nitrogen and oxygen atoms in total. The number of fused-ring (bicyclic) bond motifs is 1. The third kappa shape index (κ3) is 3.52. The van der Waals surface area contributed by atoms with Crippen LogP contribution < -0.4 is 4.74 Å². The number of amides is 1. The molecular weight excluding hydrogens is 354 g/mol. The summed E-state index contributed by atoms with van der Waals surface area (Å²) in [5.41, 5.74) is 2.19. The summed E-state index contributed by atoms with van der Waals surface area (Å²) in [5.74, 6) is 1.20. The van der Waals surface area contributed by atoms with Crippen molar-refractivity contribution in [3.8, 4) is 5.88 Å². The maximum Gasteiger partial charge on any atom is 0.259 e. The van der Waals surface area contributed by atoms with Gasteiger partial charge in [-0.1, -0.05) is 0 Å². The molecule has 1 aliphatic heterocycles. The Morgan fingerprint density at radius 1 is 1.21 bits per heavy atom. The summed E-state index contributed by atoms with van der Waals surface area (Å²) >= 11 is 0. The van der Waals surface area contributed by atoms with Gasteiger partial charge in [-0.2, -0.15) is 0 Å². The van der Waals surface area contributed by atoms with Crippen molar-refractivity contribution >= 4 is 16.9 Å². The largest absolute Gasteiger partial charge is 0.477 e. The van der Waals surface area contributed by atoms with E-state index in [0.717, 1.165) is 30.5 Å². The van der Waals surface area contributed by atoms with Crippen molar-refractivity contribution in [3.63, 3.8) is 0 Å². The lowest BCUT2D eigenvalue weighted by Crippen LogP contribution is -2.39. The maximum atomic E-state index is 13.2. The Labute approximate surface area is 163 Å². The molecule has 28 heavy (non-hydrogen) atoms. The van der Waals surface area contributed by atoms with Crippen molar-refractivity contribution in [2.45, 2.75) is 32.6 Å². The van der Waals surface area contributed by atoms with E-state index in [4.69, 9.17) is 9.72 Å². The van der Waals surface area contributed by atoms with Gasteiger partial charge in [-0.25, -0.2) is 19.9 Å². The van der Waals surface area contributed by atoms with Crippen LogP contribution in [0.5, 0.6) is 5.88 Å². The molecule has 1 amide bonds. The van der Waals surface area contributed by atoms with Crippen LogP contribution in [-0.4, -0.2) is 50.4 Å². The third-order valence-electron chi connectivity index (χ3n) is 4.99. The number of aromatic nitrogens is 4. The first-order chi connectivity index (χ1) is 13.7. The number of likely N-dealkylation sites (tertiary alicyclic amines) is 1. The predicted molar refractivity (Wildman–Crippen MR) is 105 cm³/mol. The van der Waals surface area contributed by atoms with Crippen LogP contribution in [0, 0.1) is 6.92 Å². The molecule has 3 aromatic rings. The molecule has 7 heteroatoms. The number of rotatable bonds is 4. The monoisotopic (exact) mass is 377 g/mol. The van der Waals surface area contributed by atoms with E-state index in [2.05, 4.69) is 15.0 Å². The van der Waals surface area contributed by atoms with Crippen molar-refractivity contribution in [1.29, 1.82) is 0 Å². The topological polar surface area (TPSA) is 81.1 Å². The SMILES string of the molecule is CCOc1ncccc1C(=O)N1CCCC(c2nc(C)nc3ncccc23)C1. The average Bonchev–Trinajstić information content (AvgIpc) is 2.73. The maximum absolute atomic E-state index is 13.2. The van der Waals surface area contributed by atoms with E-state index < -0.39 is 0 Å². The van der Waals surface area contributed by atoms with Crippen molar-refractivity contribution < 1.29 is 9.53 Å². The van der Waals surface area contributed by atoms with Crippen LogP contribution in [0.15, 0.2) is 36.7 Å². The molecule has 1 saturated heterocycles. The number of pyridine rings is 2. The second kappa shape index (κ2) is 7.88. The fourth-order valence-corrected chi connectivity index (χ4v) is 3.77. The molecule has 144 valence electrons. The smallest absolute Gasteiger partial charge is 0.259 e. The Kier molecular flexibility index (Phi) is 5.14. The number of ether oxygens (including phenoxy) is 1. The minimum Gasteiger partial charge on any atom is -0.477 e. The van der Waals surface area contributed by atoms with Crippen LogP contribution in [0.2, 0.25) is 0 Å². The Balaban J connectivity index is 1.63. The van der Waals surface area contributed by atoms with E-state index in [1.807, 2.05) is 30.9 Å². The molecule has 0 N–H and O–H groups in total. The van der Waals surface area contributed by atoms with Gasteiger partial charge in [0.2, 0.25) is 5.88 Å². The highest BCUT2D eigenvalue weighted by Crippen LogP contribution is 2.31. The van der Waals surface area contributed by atoms with Gasteiger partial charge in [-0.15, -0.1) is 0 Å². The number of hydrogen-bond donors (Lipinski definition) is 0. The van der Waals surface area contributed by atoms with Crippen LogP contribution in [0.1, 0.15) is 47.6 Å². The molecule has 1 aliphatic rings. The second-order valence-corrected chi connectivity index (χ2v) is 6.91. The first-order valence-electron chi connectivity index (χ1n) is 9.63. The zero-order valence-electron chi connectivity index (χ0n) is 16.1. The van der Waals surface area contributed by atoms with Crippen molar-refractivity contribution in [1.82, 2.24) is 24.8 Å². The fraction of sp³-hybridized carbons (Fsp3) is 0.381. The van der Waals surface area contributed by atoms with Crippen LogP contribution >= 0.6 is 0 Å². The minimum atomic E-state index is -0.0468. The highest BCUT2D eigenvalue weighted by Gasteiger charge is 2.29. The fourth-order valence-electron chi connectivity index (χ4n) is 3.77. The lowest BCUT2D eigenvalue weighted by Gasteiger charge is -2.33. The zero-order valence-corrected chi connectivity index (χ0v) is 16.1. The van der Waals surface area contributed by atoms with E-state index in [1.165, 1.54) is 0 Å². The Morgan fingerprint density at radius 2 is 2.04 bits per heavy atom. The number of carbonyl (C=O) groups is 1. The standard InChI is InChI=1S/C21H23N5O2/c1-3-28-20-17(9-5-11-23-20)21(27)26-12-6-7-15(13-26)18-16-8-4-10-22-19(16)25-14(2)24-18/h4-5,8-11,15H,3,6-7,12-13H2,1-2H3. The second-order valence-electron chi connectivity index (χ2n) is 6.91. The Morgan fingerprint density at radius 3 is 2.89 bits per heavy atom. The summed E-state index contributed by atoms with van der Waals surface area (Å²) in [6.45, 7) is 5.57. The molecular formula is C21H23N5O2. The van der Waals surface area contributed by atoms with E-state index in [-0.39, 0.29) is 11.8 Å². The van der Waals surface area contributed by atoms with E-state index in [0.29, 0.717) is 36.1 Å². The molecule has 0 aliphatic carbocycles. The third-order valence-corrected chi connectivity index (χ3v) is 4.99. The van der Waals surface area contributed by atoms with Gasteiger partial charge in [0.05, 0.1) is 12.3 Å². The van der Waals surface area contributed by atoms with Crippen molar-refractivity contribution in [3.05, 3.63) is 53.7 Å². The number of nitrogens with zero attached hydrogens (tertiary/aromatic N) is 5. The summed E-state index contributed by atoms with van der Waals surface area (Å²) < 4.78 is 5.55. The summed E-state index contributed by atoms with van der Waals surface area (Å²) in [6.07, 6.45) is 5.29. The zero-order chi connectivity index (χ0) is 19.5. The van der Waals surface area contributed by atoms with E-state index in [9.17, 15) is 4.79 Å². The highest BCUT2D eigenvalue weighted by atomic mass is 16.5. The number of piperidine rings is 1. The van der Waals surface area contributed by atoms with E-state index in [1.54, 1.807) is 24.5 Å². The van der Waals surface area contributed by atoms with Crippen LogP contribution in [0.3, 0.4) is 0 Å². The Bertz CT molecular complexity index is 1010. The van der Waals surface area contributed by atoms with E-state index >= 15 is 0 Å². The lowest BCUT2D eigenvalue weighted by molar-refractivity contribution is 0.0701. The van der Waals surface area contributed by atoms with Crippen molar-refractivity contribution in [2.75, 3.05) is 19.7 Å². The molecule has 4 heterocycles. The van der Waals surface area contributed by atoms with Crippen LogP contribution in [-0.2, 0) is 0 Å². The molecule has 1 unspecified atom stereocenters. The normalized spacial score (nSPS) is 16.9. The van der Waals surface area contributed by atoms with Gasteiger partial charge in [0.25, 0.3) is 5.91 Å². The summed E-state index contributed by atoms with van der Waals surface area (Å²) in [4.78, 5) is 32.8.